The third kappa shape index (κ3) is 3.65. The Bertz CT molecular complexity index is 473. The monoisotopic (exact) mass is 289 g/mol. The van der Waals surface area contributed by atoms with Crippen LogP contribution in [0.2, 0.25) is 0 Å². The van der Waals surface area contributed by atoms with Crippen molar-refractivity contribution in [3.63, 3.8) is 0 Å². The van der Waals surface area contributed by atoms with Gasteiger partial charge in [-0.25, -0.2) is 0 Å². The minimum Gasteiger partial charge on any atom is -0.375 e. The summed E-state index contributed by atoms with van der Waals surface area (Å²) in [5, 5.41) is 0. The molecule has 2 aliphatic rings. The van der Waals surface area contributed by atoms with Crippen LogP contribution in [0.5, 0.6) is 0 Å². The average Bonchev–Trinajstić information content (AvgIpc) is 2.37. The number of nitrogens with zero attached hydrogens (tertiary/aromatic N) is 1. The van der Waals surface area contributed by atoms with Crippen molar-refractivity contribution in [2.45, 2.75) is 57.5 Å². The first kappa shape index (κ1) is 15.0. The maximum atomic E-state index is 6.40. The SMILES string of the molecule is CC1CN(Cc2ccccc2)CC2(CCOC(C)(C)C2)O1. The molecule has 0 N–H and O–H groups in total. The average molecular weight is 289 g/mol. The van der Waals surface area contributed by atoms with Crippen molar-refractivity contribution in [2.75, 3.05) is 19.7 Å². The van der Waals surface area contributed by atoms with Gasteiger partial charge in [-0.2, -0.15) is 0 Å². The van der Waals surface area contributed by atoms with E-state index in [1.165, 1.54) is 5.56 Å². The van der Waals surface area contributed by atoms with Crippen molar-refractivity contribution >= 4 is 0 Å². The van der Waals surface area contributed by atoms with Crippen LogP contribution in [-0.4, -0.2) is 41.9 Å². The van der Waals surface area contributed by atoms with E-state index in [0.29, 0.717) is 0 Å². The van der Waals surface area contributed by atoms with Crippen molar-refractivity contribution < 1.29 is 9.47 Å². The molecule has 3 nitrogen and oxygen atoms in total. The fourth-order valence-corrected chi connectivity index (χ4v) is 3.96. The summed E-state index contributed by atoms with van der Waals surface area (Å²) in [6.07, 6.45) is 2.28. The number of hydrogen-bond acceptors (Lipinski definition) is 3. The fraction of sp³-hybridized carbons (Fsp3) is 0.667. The fourth-order valence-electron chi connectivity index (χ4n) is 3.96. The van der Waals surface area contributed by atoms with Gasteiger partial charge in [-0.15, -0.1) is 0 Å². The van der Waals surface area contributed by atoms with Crippen LogP contribution in [0.4, 0.5) is 0 Å². The highest BCUT2D eigenvalue weighted by Crippen LogP contribution is 2.38. The quantitative estimate of drug-likeness (QED) is 0.834. The molecule has 3 rings (SSSR count). The van der Waals surface area contributed by atoms with E-state index in [2.05, 4.69) is 56.0 Å². The maximum Gasteiger partial charge on any atom is 0.0862 e. The number of morpholine rings is 1. The van der Waals surface area contributed by atoms with Gasteiger partial charge in [0.15, 0.2) is 0 Å². The van der Waals surface area contributed by atoms with Gasteiger partial charge in [0, 0.05) is 32.5 Å². The van der Waals surface area contributed by atoms with Gasteiger partial charge in [0.1, 0.15) is 0 Å². The predicted octanol–water partition coefficient (Wildman–Crippen LogP) is 3.24. The summed E-state index contributed by atoms with van der Waals surface area (Å²) in [7, 11) is 0. The van der Waals surface area contributed by atoms with Gasteiger partial charge in [0.05, 0.1) is 23.9 Å². The van der Waals surface area contributed by atoms with E-state index in [-0.39, 0.29) is 17.3 Å². The van der Waals surface area contributed by atoms with Crippen LogP contribution in [0, 0.1) is 0 Å². The Morgan fingerprint density at radius 1 is 1.24 bits per heavy atom. The van der Waals surface area contributed by atoms with Gasteiger partial charge in [0.25, 0.3) is 0 Å². The van der Waals surface area contributed by atoms with E-state index in [1.807, 2.05) is 0 Å². The van der Waals surface area contributed by atoms with Crippen molar-refractivity contribution in [1.82, 2.24) is 4.90 Å². The van der Waals surface area contributed by atoms with Gasteiger partial charge in [-0.3, -0.25) is 4.90 Å². The molecule has 2 atom stereocenters. The summed E-state index contributed by atoms with van der Waals surface area (Å²) in [6.45, 7) is 10.4. The van der Waals surface area contributed by atoms with Crippen molar-refractivity contribution in [1.29, 1.82) is 0 Å². The Morgan fingerprint density at radius 3 is 2.71 bits per heavy atom. The van der Waals surface area contributed by atoms with Crippen LogP contribution in [-0.2, 0) is 16.0 Å². The Labute approximate surface area is 128 Å². The van der Waals surface area contributed by atoms with Gasteiger partial charge in [-0.1, -0.05) is 30.3 Å². The summed E-state index contributed by atoms with van der Waals surface area (Å²) in [5.41, 5.74) is 1.27. The molecule has 2 heterocycles. The van der Waals surface area contributed by atoms with Crippen LogP contribution < -0.4 is 0 Å². The highest BCUT2D eigenvalue weighted by atomic mass is 16.5. The number of benzene rings is 1. The lowest BCUT2D eigenvalue weighted by molar-refractivity contribution is -0.218. The molecule has 0 amide bonds. The van der Waals surface area contributed by atoms with E-state index in [0.717, 1.165) is 39.1 Å². The zero-order valence-electron chi connectivity index (χ0n) is 13.5. The van der Waals surface area contributed by atoms with E-state index in [9.17, 15) is 0 Å². The Balaban J connectivity index is 1.72. The van der Waals surface area contributed by atoms with Gasteiger partial charge in [0.2, 0.25) is 0 Å². The smallest absolute Gasteiger partial charge is 0.0862 e. The highest BCUT2D eigenvalue weighted by Gasteiger charge is 2.46. The highest BCUT2D eigenvalue weighted by molar-refractivity contribution is 5.15. The Morgan fingerprint density at radius 2 is 2.00 bits per heavy atom. The van der Waals surface area contributed by atoms with E-state index < -0.39 is 0 Å². The first-order chi connectivity index (χ1) is 9.96. The summed E-state index contributed by atoms with van der Waals surface area (Å²) in [5.74, 6) is 0. The molecule has 0 bridgehead atoms. The van der Waals surface area contributed by atoms with Gasteiger partial charge in [-0.05, 0) is 26.3 Å². The zero-order chi connectivity index (χ0) is 14.9. The van der Waals surface area contributed by atoms with Crippen LogP contribution in [0.15, 0.2) is 30.3 Å². The molecule has 2 fully saturated rings. The molecule has 0 aromatic heterocycles. The second kappa shape index (κ2) is 5.71. The standard InChI is InChI=1S/C18H27NO2/c1-15-11-19(12-16-7-5-4-6-8-16)14-18(21-15)9-10-20-17(2,3)13-18/h4-8,15H,9-14H2,1-3H3. The van der Waals surface area contributed by atoms with Crippen LogP contribution >= 0.6 is 0 Å². The first-order valence-electron chi connectivity index (χ1n) is 8.05. The minimum atomic E-state index is -0.0757. The van der Waals surface area contributed by atoms with E-state index in [1.54, 1.807) is 0 Å². The van der Waals surface area contributed by atoms with Crippen LogP contribution in [0.1, 0.15) is 39.2 Å². The molecule has 1 aromatic carbocycles. The van der Waals surface area contributed by atoms with Crippen molar-refractivity contribution in [2.24, 2.45) is 0 Å². The van der Waals surface area contributed by atoms with E-state index in [4.69, 9.17) is 9.47 Å². The Hall–Kier alpha value is -0.900. The summed E-state index contributed by atoms with van der Waals surface area (Å²) in [6, 6.07) is 10.7. The van der Waals surface area contributed by atoms with Crippen molar-refractivity contribution in [3.05, 3.63) is 35.9 Å². The minimum absolute atomic E-state index is 0.0335. The second-order valence-electron chi connectivity index (χ2n) is 7.30. The largest absolute Gasteiger partial charge is 0.375 e. The second-order valence-corrected chi connectivity index (χ2v) is 7.30. The van der Waals surface area contributed by atoms with Crippen LogP contribution in [0.3, 0.4) is 0 Å². The van der Waals surface area contributed by atoms with Crippen molar-refractivity contribution in [3.8, 4) is 0 Å². The van der Waals surface area contributed by atoms with Gasteiger partial charge < -0.3 is 9.47 Å². The molecule has 0 aliphatic carbocycles. The Kier molecular flexibility index (Phi) is 4.08. The molecule has 2 unspecified atom stereocenters. The summed E-state index contributed by atoms with van der Waals surface area (Å²) < 4.78 is 12.3. The lowest BCUT2D eigenvalue weighted by Crippen LogP contribution is -2.59. The lowest BCUT2D eigenvalue weighted by Gasteiger charge is -2.51. The van der Waals surface area contributed by atoms with E-state index >= 15 is 0 Å². The number of ether oxygens (including phenoxy) is 2. The first-order valence-corrected chi connectivity index (χ1v) is 8.05. The number of hydrogen-bond donors (Lipinski definition) is 0. The molecule has 21 heavy (non-hydrogen) atoms. The number of rotatable bonds is 2. The topological polar surface area (TPSA) is 21.7 Å². The van der Waals surface area contributed by atoms with Gasteiger partial charge >= 0.3 is 0 Å². The molecule has 116 valence electrons. The summed E-state index contributed by atoms with van der Waals surface area (Å²) >= 11 is 0. The summed E-state index contributed by atoms with van der Waals surface area (Å²) in [4.78, 5) is 2.55. The molecule has 2 saturated heterocycles. The molecule has 0 radical (unpaired) electrons. The molecule has 1 spiro atoms. The molecule has 0 saturated carbocycles. The molecular formula is C18H27NO2. The molecule has 3 heteroatoms. The lowest BCUT2D eigenvalue weighted by atomic mass is 9.82. The zero-order valence-corrected chi connectivity index (χ0v) is 13.5. The predicted molar refractivity (Wildman–Crippen MR) is 84.3 cm³/mol. The third-order valence-electron chi connectivity index (χ3n) is 4.53. The molecule has 2 aliphatic heterocycles. The normalized spacial score (nSPS) is 33.2. The molecule has 1 aromatic rings. The maximum absolute atomic E-state index is 6.40. The third-order valence-corrected chi connectivity index (χ3v) is 4.53. The molecular weight excluding hydrogens is 262 g/mol. The van der Waals surface area contributed by atoms with Crippen LogP contribution in [0.25, 0.3) is 0 Å².